The van der Waals surface area contributed by atoms with Crippen LogP contribution in [0.3, 0.4) is 0 Å². The molecule has 4 nitrogen and oxygen atoms in total. The monoisotopic (exact) mass is 354 g/mol. The molecule has 0 spiro atoms. The number of amides is 2. The first-order valence-corrected chi connectivity index (χ1v) is 9.00. The van der Waals surface area contributed by atoms with Gasteiger partial charge in [-0.3, -0.25) is 9.59 Å². The summed E-state index contributed by atoms with van der Waals surface area (Å²) in [6, 6.07) is 15.6. The molecule has 0 aromatic heterocycles. The standard InChI is InChI=1S/C21H23FN2O2/c22-18-11-8-16(9-12-18)10-13-20(25)24-14-4-5-17(15-24)21(26)23-19-6-2-1-3-7-19/h1-3,6-9,11-12,17H,4-5,10,13-15H2,(H,23,26). The second-order valence-electron chi connectivity index (χ2n) is 6.66. The second-order valence-corrected chi connectivity index (χ2v) is 6.66. The van der Waals surface area contributed by atoms with Gasteiger partial charge in [0.25, 0.3) is 0 Å². The van der Waals surface area contributed by atoms with Gasteiger partial charge in [0.15, 0.2) is 0 Å². The minimum atomic E-state index is -0.275. The van der Waals surface area contributed by atoms with Gasteiger partial charge in [0.05, 0.1) is 5.92 Å². The SMILES string of the molecule is O=C(Nc1ccccc1)C1CCCN(C(=O)CCc2ccc(F)cc2)C1. The summed E-state index contributed by atoms with van der Waals surface area (Å²) in [4.78, 5) is 26.7. The first kappa shape index (κ1) is 18.1. The lowest BCUT2D eigenvalue weighted by Crippen LogP contribution is -2.43. The van der Waals surface area contributed by atoms with Crippen LogP contribution >= 0.6 is 0 Å². The molecule has 136 valence electrons. The van der Waals surface area contributed by atoms with E-state index in [1.165, 1.54) is 12.1 Å². The quantitative estimate of drug-likeness (QED) is 0.891. The van der Waals surface area contributed by atoms with Crippen LogP contribution in [0.25, 0.3) is 0 Å². The van der Waals surface area contributed by atoms with Crippen LogP contribution in [0.15, 0.2) is 54.6 Å². The van der Waals surface area contributed by atoms with Crippen molar-refractivity contribution >= 4 is 17.5 Å². The van der Waals surface area contributed by atoms with Gasteiger partial charge in [-0.15, -0.1) is 0 Å². The Kier molecular flexibility index (Phi) is 6.00. The van der Waals surface area contributed by atoms with Crippen molar-refractivity contribution in [3.05, 3.63) is 66.0 Å². The maximum atomic E-state index is 12.9. The fourth-order valence-electron chi connectivity index (χ4n) is 3.24. The third kappa shape index (κ3) is 4.91. The van der Waals surface area contributed by atoms with Crippen molar-refractivity contribution in [3.63, 3.8) is 0 Å². The molecule has 1 atom stereocenters. The third-order valence-corrected chi connectivity index (χ3v) is 4.73. The zero-order valence-electron chi connectivity index (χ0n) is 14.7. The number of anilines is 1. The number of para-hydroxylation sites is 1. The average Bonchev–Trinajstić information content (AvgIpc) is 2.68. The van der Waals surface area contributed by atoms with Crippen LogP contribution < -0.4 is 5.32 Å². The van der Waals surface area contributed by atoms with Gasteiger partial charge in [-0.05, 0) is 49.1 Å². The molecule has 0 bridgehead atoms. The van der Waals surface area contributed by atoms with Gasteiger partial charge < -0.3 is 10.2 Å². The lowest BCUT2D eigenvalue weighted by Gasteiger charge is -2.32. The number of hydrogen-bond donors (Lipinski definition) is 1. The summed E-state index contributed by atoms with van der Waals surface area (Å²) in [5.41, 5.74) is 1.72. The van der Waals surface area contributed by atoms with Crippen molar-refractivity contribution in [2.75, 3.05) is 18.4 Å². The smallest absolute Gasteiger partial charge is 0.229 e. The van der Waals surface area contributed by atoms with Crippen molar-refractivity contribution in [3.8, 4) is 0 Å². The first-order valence-electron chi connectivity index (χ1n) is 9.00. The molecular formula is C21H23FN2O2. The highest BCUT2D eigenvalue weighted by atomic mass is 19.1. The molecule has 1 aliphatic heterocycles. The van der Waals surface area contributed by atoms with E-state index >= 15 is 0 Å². The highest BCUT2D eigenvalue weighted by Gasteiger charge is 2.28. The highest BCUT2D eigenvalue weighted by Crippen LogP contribution is 2.20. The van der Waals surface area contributed by atoms with E-state index in [-0.39, 0.29) is 23.5 Å². The van der Waals surface area contributed by atoms with Gasteiger partial charge in [0, 0.05) is 25.2 Å². The molecule has 0 radical (unpaired) electrons. The summed E-state index contributed by atoms with van der Waals surface area (Å²) in [5, 5.41) is 2.92. The number of carbonyl (C=O) groups is 2. The van der Waals surface area contributed by atoms with Gasteiger partial charge >= 0.3 is 0 Å². The molecule has 2 aromatic carbocycles. The molecule has 0 saturated carbocycles. The van der Waals surface area contributed by atoms with Crippen molar-refractivity contribution in [2.24, 2.45) is 5.92 Å². The highest BCUT2D eigenvalue weighted by molar-refractivity contribution is 5.93. The summed E-state index contributed by atoms with van der Waals surface area (Å²) < 4.78 is 12.9. The topological polar surface area (TPSA) is 49.4 Å². The fraction of sp³-hybridized carbons (Fsp3) is 0.333. The Balaban J connectivity index is 1.51. The predicted octanol–water partition coefficient (Wildman–Crippen LogP) is 3.64. The second kappa shape index (κ2) is 8.61. The zero-order valence-corrected chi connectivity index (χ0v) is 14.7. The number of hydrogen-bond acceptors (Lipinski definition) is 2. The van der Waals surface area contributed by atoms with Gasteiger partial charge in [-0.25, -0.2) is 4.39 Å². The Morgan fingerprint density at radius 3 is 2.54 bits per heavy atom. The van der Waals surface area contributed by atoms with Crippen LogP contribution in [0.2, 0.25) is 0 Å². The molecule has 26 heavy (non-hydrogen) atoms. The number of nitrogens with zero attached hydrogens (tertiary/aromatic N) is 1. The number of rotatable bonds is 5. The Labute approximate surface area is 153 Å². The van der Waals surface area contributed by atoms with Crippen LogP contribution in [0, 0.1) is 11.7 Å². The van der Waals surface area contributed by atoms with E-state index in [9.17, 15) is 14.0 Å². The van der Waals surface area contributed by atoms with Gasteiger partial charge in [0.2, 0.25) is 11.8 Å². The number of piperidine rings is 1. The lowest BCUT2D eigenvalue weighted by atomic mass is 9.96. The molecule has 5 heteroatoms. The molecule has 1 aliphatic rings. The van der Waals surface area contributed by atoms with E-state index in [1.54, 1.807) is 17.0 Å². The Bertz CT molecular complexity index is 746. The summed E-state index contributed by atoms with van der Waals surface area (Å²) in [6.45, 7) is 1.15. The van der Waals surface area contributed by atoms with E-state index in [0.717, 1.165) is 24.1 Å². The molecule has 1 unspecified atom stereocenters. The number of likely N-dealkylation sites (tertiary alicyclic amines) is 1. The third-order valence-electron chi connectivity index (χ3n) is 4.73. The van der Waals surface area contributed by atoms with E-state index < -0.39 is 0 Å². The molecule has 1 N–H and O–H groups in total. The van der Waals surface area contributed by atoms with Gasteiger partial charge in [0.1, 0.15) is 5.82 Å². The summed E-state index contributed by atoms with van der Waals surface area (Å²) in [5.74, 6) is -0.444. The van der Waals surface area contributed by atoms with E-state index in [2.05, 4.69) is 5.32 Å². The molecule has 2 amide bonds. The van der Waals surface area contributed by atoms with Crippen molar-refractivity contribution < 1.29 is 14.0 Å². The van der Waals surface area contributed by atoms with E-state index in [1.807, 2.05) is 30.3 Å². The van der Waals surface area contributed by atoms with Gasteiger partial charge in [-0.2, -0.15) is 0 Å². The average molecular weight is 354 g/mol. The predicted molar refractivity (Wildman–Crippen MR) is 99.1 cm³/mol. The van der Waals surface area contributed by atoms with E-state index in [4.69, 9.17) is 0 Å². The fourth-order valence-corrected chi connectivity index (χ4v) is 3.24. The minimum Gasteiger partial charge on any atom is -0.342 e. The Hall–Kier alpha value is -2.69. The zero-order chi connectivity index (χ0) is 18.4. The largest absolute Gasteiger partial charge is 0.342 e. The maximum Gasteiger partial charge on any atom is 0.229 e. The van der Waals surface area contributed by atoms with Crippen molar-refractivity contribution in [2.45, 2.75) is 25.7 Å². The molecule has 2 aromatic rings. The molecule has 1 heterocycles. The van der Waals surface area contributed by atoms with Crippen molar-refractivity contribution in [1.82, 2.24) is 4.90 Å². The molecule has 1 saturated heterocycles. The van der Waals surface area contributed by atoms with E-state index in [0.29, 0.717) is 25.9 Å². The summed E-state index contributed by atoms with van der Waals surface area (Å²) in [7, 11) is 0. The Morgan fingerprint density at radius 2 is 1.81 bits per heavy atom. The van der Waals surface area contributed by atoms with Crippen molar-refractivity contribution in [1.29, 1.82) is 0 Å². The van der Waals surface area contributed by atoms with Crippen LogP contribution in [0.4, 0.5) is 10.1 Å². The Morgan fingerprint density at radius 1 is 1.08 bits per heavy atom. The number of halogens is 1. The summed E-state index contributed by atoms with van der Waals surface area (Å²) >= 11 is 0. The molecular weight excluding hydrogens is 331 g/mol. The van der Waals surface area contributed by atoms with Crippen LogP contribution in [-0.4, -0.2) is 29.8 Å². The molecule has 0 aliphatic carbocycles. The lowest BCUT2D eigenvalue weighted by molar-refractivity contribution is -0.134. The maximum absolute atomic E-state index is 12.9. The number of benzene rings is 2. The number of aryl methyl sites for hydroxylation is 1. The first-order chi connectivity index (χ1) is 12.6. The molecule has 3 rings (SSSR count). The van der Waals surface area contributed by atoms with Crippen LogP contribution in [0.5, 0.6) is 0 Å². The normalized spacial score (nSPS) is 17.0. The van der Waals surface area contributed by atoms with Crippen LogP contribution in [-0.2, 0) is 16.0 Å². The molecule has 1 fully saturated rings. The number of carbonyl (C=O) groups excluding carboxylic acids is 2. The number of nitrogens with one attached hydrogen (secondary N) is 1. The summed E-state index contributed by atoms with van der Waals surface area (Å²) in [6.07, 6.45) is 2.57. The van der Waals surface area contributed by atoms with Gasteiger partial charge in [-0.1, -0.05) is 30.3 Å². The van der Waals surface area contributed by atoms with Crippen LogP contribution in [0.1, 0.15) is 24.8 Å². The minimum absolute atomic E-state index is 0.0350.